The van der Waals surface area contributed by atoms with Crippen LogP contribution in [0.2, 0.25) is 0 Å². The summed E-state index contributed by atoms with van der Waals surface area (Å²) in [6.07, 6.45) is 0.289. The predicted octanol–water partition coefficient (Wildman–Crippen LogP) is 0.657. The molecule has 0 fully saturated rings. The lowest BCUT2D eigenvalue weighted by Crippen LogP contribution is -2.34. The molecule has 0 amide bonds. The molecule has 1 rings (SSSR count). The fourth-order valence-electron chi connectivity index (χ4n) is 1.52. The zero-order valence-corrected chi connectivity index (χ0v) is 8.48. The molecule has 78 valence electrons. The monoisotopic (exact) mass is 194 g/mol. The lowest BCUT2D eigenvalue weighted by molar-refractivity contribution is 0.129. The van der Waals surface area contributed by atoms with Crippen LogP contribution in [0.5, 0.6) is 0 Å². The van der Waals surface area contributed by atoms with Crippen LogP contribution in [-0.4, -0.2) is 24.7 Å². The van der Waals surface area contributed by atoms with Gasteiger partial charge in [0.25, 0.3) is 0 Å². The zero-order valence-electron chi connectivity index (χ0n) is 8.48. The summed E-state index contributed by atoms with van der Waals surface area (Å²) >= 11 is 0. The number of likely N-dealkylation sites (N-methyl/N-ethyl adjacent to an activating group) is 1. The summed E-state index contributed by atoms with van der Waals surface area (Å²) in [7, 11) is 1.84. The van der Waals surface area contributed by atoms with Crippen LogP contribution >= 0.6 is 0 Å². The van der Waals surface area contributed by atoms with Crippen LogP contribution in [0, 0.1) is 0 Å². The average Bonchev–Trinajstić information content (AvgIpc) is 2.26. The molecule has 0 spiro atoms. The Labute approximate surface area is 84.9 Å². The first-order chi connectivity index (χ1) is 6.79. The van der Waals surface area contributed by atoms with Crippen LogP contribution < -0.4 is 11.1 Å². The third-order valence-electron chi connectivity index (χ3n) is 2.37. The second-order valence-corrected chi connectivity index (χ2v) is 3.33. The van der Waals surface area contributed by atoms with Gasteiger partial charge >= 0.3 is 0 Å². The molecule has 1 aromatic carbocycles. The van der Waals surface area contributed by atoms with E-state index in [4.69, 9.17) is 5.73 Å². The maximum Gasteiger partial charge on any atom is 0.0943 e. The van der Waals surface area contributed by atoms with Gasteiger partial charge in [0.1, 0.15) is 0 Å². The van der Waals surface area contributed by atoms with E-state index in [9.17, 15) is 5.11 Å². The molecule has 2 unspecified atom stereocenters. The molecule has 4 N–H and O–H groups in total. The van der Waals surface area contributed by atoms with Crippen LogP contribution in [0.15, 0.2) is 30.3 Å². The normalized spacial score (nSPS) is 15.1. The van der Waals surface area contributed by atoms with Crippen molar-refractivity contribution in [3.8, 4) is 0 Å². The molecule has 0 aliphatic heterocycles. The van der Waals surface area contributed by atoms with Crippen LogP contribution in [0.1, 0.15) is 18.1 Å². The van der Waals surface area contributed by atoms with E-state index in [0.717, 1.165) is 12.0 Å². The molecule has 0 aliphatic rings. The summed E-state index contributed by atoms with van der Waals surface area (Å²) in [4.78, 5) is 0. The topological polar surface area (TPSA) is 58.3 Å². The molecule has 2 atom stereocenters. The summed E-state index contributed by atoms with van der Waals surface area (Å²) in [6, 6.07) is 9.66. The number of rotatable bonds is 5. The minimum Gasteiger partial charge on any atom is -0.387 e. The van der Waals surface area contributed by atoms with Gasteiger partial charge in [0.15, 0.2) is 0 Å². The molecule has 0 radical (unpaired) electrons. The van der Waals surface area contributed by atoms with Crippen molar-refractivity contribution < 1.29 is 5.11 Å². The Hall–Kier alpha value is -0.900. The van der Waals surface area contributed by atoms with Gasteiger partial charge in [-0.25, -0.2) is 0 Å². The van der Waals surface area contributed by atoms with Crippen molar-refractivity contribution >= 4 is 0 Å². The second kappa shape index (κ2) is 5.75. The van der Waals surface area contributed by atoms with E-state index in [1.54, 1.807) is 0 Å². The maximum absolute atomic E-state index is 9.99. The number of nitrogens with one attached hydrogen (secondary N) is 1. The van der Waals surface area contributed by atoms with Crippen LogP contribution in [-0.2, 0) is 0 Å². The minimum absolute atomic E-state index is 0.0300. The van der Waals surface area contributed by atoms with Gasteiger partial charge in [0.05, 0.1) is 6.10 Å². The highest BCUT2D eigenvalue weighted by atomic mass is 16.3. The number of hydrogen-bond acceptors (Lipinski definition) is 3. The van der Waals surface area contributed by atoms with Gasteiger partial charge in [0.2, 0.25) is 0 Å². The lowest BCUT2D eigenvalue weighted by atomic mass is 10.00. The van der Waals surface area contributed by atoms with E-state index in [1.165, 1.54) is 0 Å². The molecule has 0 aromatic heterocycles. The SMILES string of the molecule is CNC(CCN)C(O)c1ccccc1. The van der Waals surface area contributed by atoms with Crippen molar-refractivity contribution in [2.75, 3.05) is 13.6 Å². The minimum atomic E-state index is -0.482. The molecule has 14 heavy (non-hydrogen) atoms. The standard InChI is InChI=1S/C11H18N2O/c1-13-10(7-8-12)11(14)9-5-3-2-4-6-9/h2-6,10-11,13-14H,7-8,12H2,1H3. The highest BCUT2D eigenvalue weighted by Crippen LogP contribution is 2.17. The molecule has 0 heterocycles. The summed E-state index contributed by atoms with van der Waals surface area (Å²) in [5.74, 6) is 0. The second-order valence-electron chi connectivity index (χ2n) is 3.33. The average molecular weight is 194 g/mol. The van der Waals surface area contributed by atoms with Crippen molar-refractivity contribution in [1.29, 1.82) is 0 Å². The Kier molecular flexibility index (Phi) is 4.59. The van der Waals surface area contributed by atoms with E-state index in [0.29, 0.717) is 6.54 Å². The Morgan fingerprint density at radius 3 is 2.50 bits per heavy atom. The van der Waals surface area contributed by atoms with Crippen molar-refractivity contribution in [3.05, 3.63) is 35.9 Å². The van der Waals surface area contributed by atoms with E-state index < -0.39 is 6.10 Å². The van der Waals surface area contributed by atoms with Gasteiger partial charge in [-0.1, -0.05) is 30.3 Å². The van der Waals surface area contributed by atoms with Crippen molar-refractivity contribution in [3.63, 3.8) is 0 Å². The molecular weight excluding hydrogens is 176 g/mol. The third kappa shape index (κ3) is 2.80. The van der Waals surface area contributed by atoms with E-state index in [2.05, 4.69) is 5.32 Å². The summed E-state index contributed by atoms with van der Waals surface area (Å²) in [6.45, 7) is 0.579. The van der Waals surface area contributed by atoms with Crippen molar-refractivity contribution in [2.24, 2.45) is 5.73 Å². The van der Waals surface area contributed by atoms with Gasteiger partial charge in [-0.2, -0.15) is 0 Å². The zero-order chi connectivity index (χ0) is 10.4. The molecule has 3 nitrogen and oxygen atoms in total. The molecule has 0 aliphatic carbocycles. The Morgan fingerprint density at radius 2 is 2.00 bits per heavy atom. The Bertz CT molecular complexity index is 251. The number of aliphatic hydroxyl groups is 1. The van der Waals surface area contributed by atoms with Gasteiger partial charge in [-0.05, 0) is 25.6 Å². The van der Waals surface area contributed by atoms with E-state index >= 15 is 0 Å². The fourth-order valence-corrected chi connectivity index (χ4v) is 1.52. The van der Waals surface area contributed by atoms with E-state index in [1.807, 2.05) is 37.4 Å². The predicted molar refractivity (Wildman–Crippen MR) is 57.9 cm³/mol. The van der Waals surface area contributed by atoms with Gasteiger partial charge < -0.3 is 16.2 Å². The van der Waals surface area contributed by atoms with Crippen molar-refractivity contribution in [2.45, 2.75) is 18.6 Å². The van der Waals surface area contributed by atoms with Gasteiger partial charge in [0, 0.05) is 6.04 Å². The van der Waals surface area contributed by atoms with Gasteiger partial charge in [-0.15, -0.1) is 0 Å². The van der Waals surface area contributed by atoms with Crippen molar-refractivity contribution in [1.82, 2.24) is 5.32 Å². The highest BCUT2D eigenvalue weighted by molar-refractivity contribution is 5.18. The van der Waals surface area contributed by atoms with Gasteiger partial charge in [-0.3, -0.25) is 0 Å². The highest BCUT2D eigenvalue weighted by Gasteiger charge is 2.17. The number of aliphatic hydroxyl groups excluding tert-OH is 1. The summed E-state index contributed by atoms with van der Waals surface area (Å²) in [5.41, 5.74) is 6.40. The number of hydrogen-bond donors (Lipinski definition) is 3. The van der Waals surface area contributed by atoms with E-state index in [-0.39, 0.29) is 6.04 Å². The van der Waals surface area contributed by atoms with Crippen LogP contribution in [0.3, 0.4) is 0 Å². The first-order valence-electron chi connectivity index (χ1n) is 4.90. The lowest BCUT2D eigenvalue weighted by Gasteiger charge is -2.22. The largest absolute Gasteiger partial charge is 0.387 e. The fraction of sp³-hybridized carbons (Fsp3) is 0.455. The number of benzene rings is 1. The Morgan fingerprint density at radius 1 is 1.36 bits per heavy atom. The number of nitrogens with two attached hydrogens (primary N) is 1. The smallest absolute Gasteiger partial charge is 0.0943 e. The van der Waals surface area contributed by atoms with Crippen LogP contribution in [0.25, 0.3) is 0 Å². The quantitative estimate of drug-likeness (QED) is 0.645. The molecule has 0 saturated carbocycles. The first kappa shape index (κ1) is 11.2. The molecule has 1 aromatic rings. The molecule has 0 saturated heterocycles. The maximum atomic E-state index is 9.99. The third-order valence-corrected chi connectivity index (χ3v) is 2.37. The Balaban J connectivity index is 2.67. The summed E-state index contributed by atoms with van der Waals surface area (Å²) in [5, 5.41) is 13.1. The molecule has 0 bridgehead atoms. The molecular formula is C11H18N2O. The molecule has 3 heteroatoms. The summed E-state index contributed by atoms with van der Waals surface area (Å²) < 4.78 is 0. The first-order valence-corrected chi connectivity index (χ1v) is 4.90. The van der Waals surface area contributed by atoms with Crippen LogP contribution in [0.4, 0.5) is 0 Å².